The van der Waals surface area contributed by atoms with Gasteiger partial charge in [-0.1, -0.05) is 13.8 Å². The molecule has 156 valence electrons. The normalized spacial score (nSPS) is 21.6. The van der Waals surface area contributed by atoms with Crippen molar-refractivity contribution in [1.29, 1.82) is 0 Å². The Hall–Kier alpha value is -2.41. The van der Waals surface area contributed by atoms with Crippen molar-refractivity contribution >= 4 is 5.91 Å². The Morgan fingerprint density at radius 2 is 2.00 bits per heavy atom. The van der Waals surface area contributed by atoms with Gasteiger partial charge in [-0.15, -0.1) is 10.2 Å². The van der Waals surface area contributed by atoms with Gasteiger partial charge in [0.15, 0.2) is 5.82 Å². The van der Waals surface area contributed by atoms with Gasteiger partial charge < -0.3 is 19.3 Å². The van der Waals surface area contributed by atoms with Gasteiger partial charge >= 0.3 is 0 Å². The summed E-state index contributed by atoms with van der Waals surface area (Å²) in [4.78, 5) is 15.1. The third-order valence-electron chi connectivity index (χ3n) is 5.93. The first-order valence-corrected chi connectivity index (χ1v) is 10.6. The lowest BCUT2D eigenvalue weighted by molar-refractivity contribution is -0.136. The summed E-state index contributed by atoms with van der Waals surface area (Å²) in [7, 11) is 0. The van der Waals surface area contributed by atoms with Gasteiger partial charge in [-0.05, 0) is 49.4 Å². The Balaban J connectivity index is 1.39. The molecule has 29 heavy (non-hydrogen) atoms. The SMILES string of the molecule is CC(C)CCO[C@H]1CCN(C(=O)[C@H]2CCc3nnc(-c4ccc(O)cc4)n3C2)C1. The molecule has 1 aromatic heterocycles. The van der Waals surface area contributed by atoms with Gasteiger partial charge in [0, 0.05) is 38.2 Å². The van der Waals surface area contributed by atoms with Gasteiger partial charge in [-0.25, -0.2) is 0 Å². The third-order valence-corrected chi connectivity index (χ3v) is 5.93. The maximum atomic E-state index is 13.1. The molecule has 0 spiro atoms. The summed E-state index contributed by atoms with van der Waals surface area (Å²) in [6, 6.07) is 6.95. The summed E-state index contributed by atoms with van der Waals surface area (Å²) >= 11 is 0. The first-order chi connectivity index (χ1) is 14.0. The minimum Gasteiger partial charge on any atom is -0.508 e. The van der Waals surface area contributed by atoms with Crippen LogP contribution < -0.4 is 0 Å². The van der Waals surface area contributed by atoms with Crippen molar-refractivity contribution < 1.29 is 14.6 Å². The summed E-state index contributed by atoms with van der Waals surface area (Å²) in [5.74, 6) is 2.71. The zero-order valence-corrected chi connectivity index (χ0v) is 17.3. The van der Waals surface area contributed by atoms with Crippen molar-refractivity contribution in [2.24, 2.45) is 11.8 Å². The molecule has 1 saturated heterocycles. The quantitative estimate of drug-likeness (QED) is 0.809. The highest BCUT2D eigenvalue weighted by Crippen LogP contribution is 2.28. The van der Waals surface area contributed by atoms with Crippen molar-refractivity contribution in [1.82, 2.24) is 19.7 Å². The molecule has 7 nitrogen and oxygen atoms in total. The number of hydrogen-bond acceptors (Lipinski definition) is 5. The lowest BCUT2D eigenvalue weighted by atomic mass is 9.97. The van der Waals surface area contributed by atoms with E-state index in [0.717, 1.165) is 56.0 Å². The molecule has 0 saturated carbocycles. The first kappa shape index (κ1) is 19.9. The highest BCUT2D eigenvalue weighted by atomic mass is 16.5. The number of amides is 1. The van der Waals surface area contributed by atoms with E-state index in [1.807, 2.05) is 17.0 Å². The van der Waals surface area contributed by atoms with E-state index in [-0.39, 0.29) is 23.7 Å². The van der Waals surface area contributed by atoms with Crippen LogP contribution in [-0.4, -0.2) is 56.5 Å². The Bertz CT molecular complexity index is 846. The lowest BCUT2D eigenvalue weighted by Gasteiger charge is -2.27. The number of aryl methyl sites for hydroxylation is 1. The molecule has 1 N–H and O–H groups in total. The topological polar surface area (TPSA) is 80.5 Å². The van der Waals surface area contributed by atoms with Gasteiger partial charge in [0.2, 0.25) is 5.91 Å². The van der Waals surface area contributed by atoms with Crippen molar-refractivity contribution in [3.05, 3.63) is 30.1 Å². The van der Waals surface area contributed by atoms with E-state index in [4.69, 9.17) is 4.74 Å². The standard InChI is InChI=1S/C22H30N4O3/c1-15(2)10-12-29-19-9-11-25(14-19)22(28)17-5-8-20-23-24-21(26(20)13-17)16-3-6-18(27)7-4-16/h3-4,6-7,15,17,19,27H,5,8-14H2,1-2H3/t17-,19-/m0/s1. The highest BCUT2D eigenvalue weighted by Gasteiger charge is 2.34. The maximum absolute atomic E-state index is 13.1. The van der Waals surface area contributed by atoms with E-state index in [1.54, 1.807) is 12.1 Å². The number of carbonyl (C=O) groups is 1. The number of nitrogens with zero attached hydrogens (tertiary/aromatic N) is 4. The molecule has 2 aliphatic heterocycles. The molecule has 0 aliphatic carbocycles. The number of aromatic nitrogens is 3. The van der Waals surface area contributed by atoms with Gasteiger partial charge in [0.1, 0.15) is 11.6 Å². The Labute approximate surface area is 171 Å². The van der Waals surface area contributed by atoms with Crippen molar-refractivity contribution in [3.63, 3.8) is 0 Å². The number of hydrogen-bond donors (Lipinski definition) is 1. The van der Waals surface area contributed by atoms with E-state index in [2.05, 4.69) is 28.6 Å². The van der Waals surface area contributed by atoms with Crippen LogP contribution in [0, 0.1) is 11.8 Å². The summed E-state index contributed by atoms with van der Waals surface area (Å²) < 4.78 is 8.03. The number of rotatable bonds is 6. The minimum atomic E-state index is -0.0521. The average Bonchev–Trinajstić information content (AvgIpc) is 3.34. The van der Waals surface area contributed by atoms with Crippen LogP contribution in [0.15, 0.2) is 24.3 Å². The number of fused-ring (bicyclic) bond motifs is 1. The number of likely N-dealkylation sites (tertiary alicyclic amines) is 1. The second-order valence-corrected chi connectivity index (χ2v) is 8.58. The number of ether oxygens (including phenoxy) is 1. The number of aromatic hydroxyl groups is 1. The largest absolute Gasteiger partial charge is 0.508 e. The Kier molecular flexibility index (Phi) is 5.85. The molecular formula is C22H30N4O3. The van der Waals surface area contributed by atoms with Gasteiger partial charge in [-0.3, -0.25) is 4.79 Å². The minimum absolute atomic E-state index is 0.0521. The summed E-state index contributed by atoms with van der Waals surface area (Å²) in [6.07, 6.45) is 3.71. The molecule has 2 aliphatic rings. The number of phenolic OH excluding ortho intramolecular Hbond substituents is 1. The molecule has 2 aromatic rings. The van der Waals surface area contributed by atoms with Crippen LogP contribution in [0.3, 0.4) is 0 Å². The number of benzene rings is 1. The molecule has 1 aromatic carbocycles. The van der Waals surface area contributed by atoms with E-state index >= 15 is 0 Å². The first-order valence-electron chi connectivity index (χ1n) is 10.6. The van der Waals surface area contributed by atoms with E-state index in [0.29, 0.717) is 19.0 Å². The van der Waals surface area contributed by atoms with Crippen molar-refractivity contribution in [2.75, 3.05) is 19.7 Å². The van der Waals surface area contributed by atoms with E-state index in [9.17, 15) is 9.90 Å². The Morgan fingerprint density at radius 1 is 1.21 bits per heavy atom. The molecule has 2 atom stereocenters. The van der Waals surface area contributed by atoms with Crippen LogP contribution in [-0.2, 0) is 22.5 Å². The molecule has 0 bridgehead atoms. The summed E-state index contributed by atoms with van der Waals surface area (Å²) in [6.45, 7) is 7.25. The molecule has 4 rings (SSSR count). The lowest BCUT2D eigenvalue weighted by Crippen LogP contribution is -2.39. The fraction of sp³-hybridized carbons (Fsp3) is 0.591. The highest BCUT2D eigenvalue weighted by molar-refractivity contribution is 5.79. The monoisotopic (exact) mass is 398 g/mol. The van der Waals surface area contributed by atoms with Crippen LogP contribution in [0.2, 0.25) is 0 Å². The molecule has 0 unspecified atom stereocenters. The van der Waals surface area contributed by atoms with Crippen LogP contribution in [0.1, 0.15) is 38.9 Å². The maximum Gasteiger partial charge on any atom is 0.227 e. The predicted octanol–water partition coefficient (Wildman–Crippen LogP) is 2.88. The van der Waals surface area contributed by atoms with Gasteiger partial charge in [0.05, 0.1) is 12.0 Å². The smallest absolute Gasteiger partial charge is 0.227 e. The molecular weight excluding hydrogens is 368 g/mol. The number of carbonyl (C=O) groups excluding carboxylic acids is 1. The molecule has 0 radical (unpaired) electrons. The van der Waals surface area contributed by atoms with Crippen LogP contribution in [0.25, 0.3) is 11.4 Å². The van der Waals surface area contributed by atoms with Crippen LogP contribution in [0.4, 0.5) is 0 Å². The fourth-order valence-electron chi connectivity index (χ4n) is 4.15. The molecule has 3 heterocycles. The predicted molar refractivity (Wildman–Crippen MR) is 109 cm³/mol. The Morgan fingerprint density at radius 3 is 2.76 bits per heavy atom. The zero-order valence-electron chi connectivity index (χ0n) is 17.3. The second kappa shape index (κ2) is 8.53. The van der Waals surface area contributed by atoms with Crippen LogP contribution in [0.5, 0.6) is 5.75 Å². The van der Waals surface area contributed by atoms with E-state index < -0.39 is 0 Å². The second-order valence-electron chi connectivity index (χ2n) is 8.58. The van der Waals surface area contributed by atoms with Gasteiger partial charge in [0.25, 0.3) is 0 Å². The van der Waals surface area contributed by atoms with E-state index in [1.165, 1.54) is 0 Å². The summed E-state index contributed by atoms with van der Waals surface area (Å²) in [5, 5.41) is 18.2. The average molecular weight is 399 g/mol. The van der Waals surface area contributed by atoms with Gasteiger partial charge in [-0.2, -0.15) is 0 Å². The molecule has 1 fully saturated rings. The van der Waals surface area contributed by atoms with Crippen molar-refractivity contribution in [2.45, 2.75) is 52.2 Å². The van der Waals surface area contributed by atoms with Crippen LogP contribution >= 0.6 is 0 Å². The number of phenols is 1. The molecule has 7 heteroatoms. The fourth-order valence-corrected chi connectivity index (χ4v) is 4.15. The zero-order chi connectivity index (χ0) is 20.4. The third kappa shape index (κ3) is 4.45. The molecule has 1 amide bonds. The summed E-state index contributed by atoms with van der Waals surface area (Å²) in [5.41, 5.74) is 0.898. The van der Waals surface area contributed by atoms with Crippen molar-refractivity contribution in [3.8, 4) is 17.1 Å².